The molecule has 11 heteroatoms. The summed E-state index contributed by atoms with van der Waals surface area (Å²) < 4.78 is 83.6. The van der Waals surface area contributed by atoms with E-state index >= 15 is 0 Å². The van der Waals surface area contributed by atoms with Crippen LogP contribution in [-0.4, -0.2) is 66.4 Å². The fourth-order valence-corrected chi connectivity index (χ4v) is 5.51. The highest BCUT2D eigenvalue weighted by Gasteiger charge is 2.45. The third kappa shape index (κ3) is 5.81. The summed E-state index contributed by atoms with van der Waals surface area (Å²) >= 11 is 0. The van der Waals surface area contributed by atoms with Gasteiger partial charge in [0.05, 0.1) is 5.56 Å². The Morgan fingerprint density at radius 3 is 2.20 bits per heavy atom. The van der Waals surface area contributed by atoms with Crippen LogP contribution in [0.15, 0.2) is 18.2 Å². The summed E-state index contributed by atoms with van der Waals surface area (Å²) in [6, 6.07) is 4.29. The number of anilines is 1. The average molecular weight is 508 g/mol. The summed E-state index contributed by atoms with van der Waals surface area (Å²) in [6.45, 7) is 3.88. The van der Waals surface area contributed by atoms with E-state index in [1.165, 1.54) is 17.0 Å². The van der Waals surface area contributed by atoms with Crippen LogP contribution < -0.4 is 4.90 Å². The predicted molar refractivity (Wildman–Crippen MR) is 118 cm³/mol. The molecule has 0 radical (unpaired) electrons. The lowest BCUT2D eigenvalue weighted by Gasteiger charge is -2.45. The molecule has 1 aromatic carbocycles. The van der Waals surface area contributed by atoms with Crippen LogP contribution in [0.25, 0.3) is 0 Å². The second kappa shape index (κ2) is 9.71. The number of hydrogen-bond acceptors (Lipinski definition) is 4. The lowest BCUT2D eigenvalue weighted by atomic mass is 9.84. The monoisotopic (exact) mass is 507 g/mol. The van der Waals surface area contributed by atoms with E-state index in [0.717, 1.165) is 52.2 Å². The van der Waals surface area contributed by atoms with Crippen molar-refractivity contribution in [1.82, 2.24) is 9.80 Å². The van der Waals surface area contributed by atoms with E-state index in [9.17, 15) is 31.1 Å². The smallest absolute Gasteiger partial charge is 0.425 e. The molecule has 0 aliphatic carbocycles. The molecule has 0 N–H and O–H groups in total. The Bertz CT molecular complexity index is 906. The van der Waals surface area contributed by atoms with Gasteiger partial charge >= 0.3 is 18.4 Å². The van der Waals surface area contributed by atoms with Crippen molar-refractivity contribution in [2.24, 2.45) is 0 Å². The van der Waals surface area contributed by atoms with Crippen LogP contribution in [0.4, 0.5) is 36.8 Å². The molecule has 3 fully saturated rings. The molecule has 1 aromatic rings. The second-order valence-corrected chi connectivity index (χ2v) is 9.88. The van der Waals surface area contributed by atoms with E-state index in [0.29, 0.717) is 30.6 Å². The maximum Gasteiger partial charge on any atom is 0.425 e. The molecule has 3 saturated heterocycles. The first-order valence-electron chi connectivity index (χ1n) is 12.1. The molecular formula is C24H31F6N3O2. The molecule has 196 valence electrons. The highest BCUT2D eigenvalue weighted by molar-refractivity contribution is 5.68. The first kappa shape index (κ1) is 25.9. The van der Waals surface area contributed by atoms with Crippen molar-refractivity contribution >= 4 is 11.8 Å². The number of ether oxygens (including phenoxy) is 1. The largest absolute Gasteiger partial charge is 0.437 e. The van der Waals surface area contributed by atoms with Crippen molar-refractivity contribution in [3.8, 4) is 0 Å². The SMILES string of the molecule is CC(OC(=O)N1CCC2(CCCN2Cc2cc(N3CCCC3)cc(C(F)(F)F)c2)CC1)C(F)(F)F. The topological polar surface area (TPSA) is 36.0 Å². The van der Waals surface area contributed by atoms with Gasteiger partial charge < -0.3 is 14.5 Å². The van der Waals surface area contributed by atoms with Crippen molar-refractivity contribution in [2.75, 3.05) is 37.6 Å². The molecule has 4 rings (SSSR count). The Morgan fingerprint density at radius 2 is 1.60 bits per heavy atom. The normalized spacial score (nSPS) is 22.1. The van der Waals surface area contributed by atoms with Gasteiger partial charge in [-0.2, -0.15) is 26.3 Å². The van der Waals surface area contributed by atoms with E-state index < -0.39 is 30.1 Å². The molecule has 0 aromatic heterocycles. The van der Waals surface area contributed by atoms with E-state index in [4.69, 9.17) is 0 Å². The minimum absolute atomic E-state index is 0.252. The summed E-state index contributed by atoms with van der Waals surface area (Å²) in [7, 11) is 0. The predicted octanol–water partition coefficient (Wildman–Crippen LogP) is 5.82. The Kier molecular flexibility index (Phi) is 7.19. The first-order chi connectivity index (χ1) is 16.4. The van der Waals surface area contributed by atoms with Gasteiger partial charge in [0.15, 0.2) is 6.10 Å². The summed E-state index contributed by atoms with van der Waals surface area (Å²) in [6.07, 6.45) is -7.49. The molecule has 1 spiro atoms. The van der Waals surface area contributed by atoms with Gasteiger partial charge in [-0.1, -0.05) is 0 Å². The Hall–Kier alpha value is -2.17. The van der Waals surface area contributed by atoms with Crippen LogP contribution in [0.2, 0.25) is 0 Å². The van der Waals surface area contributed by atoms with Crippen LogP contribution in [0.1, 0.15) is 56.6 Å². The summed E-state index contributed by atoms with van der Waals surface area (Å²) in [5.41, 5.74) is 0.260. The zero-order valence-corrected chi connectivity index (χ0v) is 19.7. The van der Waals surface area contributed by atoms with Gasteiger partial charge in [-0.3, -0.25) is 4.90 Å². The minimum atomic E-state index is -4.62. The molecule has 1 unspecified atom stereocenters. The fraction of sp³-hybridized carbons (Fsp3) is 0.708. The molecule has 0 saturated carbocycles. The van der Waals surface area contributed by atoms with Gasteiger partial charge in [0.2, 0.25) is 0 Å². The maximum absolute atomic E-state index is 13.6. The summed E-state index contributed by atoms with van der Waals surface area (Å²) in [4.78, 5) is 17.7. The van der Waals surface area contributed by atoms with Crippen molar-refractivity contribution in [3.05, 3.63) is 29.3 Å². The van der Waals surface area contributed by atoms with E-state index in [1.54, 1.807) is 0 Å². The number of likely N-dealkylation sites (tertiary alicyclic amines) is 2. The number of carbonyl (C=O) groups excluding carboxylic acids is 1. The molecule has 3 heterocycles. The third-order valence-electron chi connectivity index (χ3n) is 7.58. The molecule has 1 atom stereocenters. The van der Waals surface area contributed by atoms with E-state index in [1.807, 2.05) is 11.0 Å². The van der Waals surface area contributed by atoms with Crippen molar-refractivity contribution in [3.63, 3.8) is 0 Å². The zero-order valence-electron chi connectivity index (χ0n) is 19.7. The molecular weight excluding hydrogens is 476 g/mol. The van der Waals surface area contributed by atoms with Crippen LogP contribution in [0, 0.1) is 0 Å². The second-order valence-electron chi connectivity index (χ2n) is 9.88. The Labute approximate surface area is 201 Å². The Balaban J connectivity index is 1.45. The number of piperidine rings is 1. The number of benzene rings is 1. The minimum Gasteiger partial charge on any atom is -0.437 e. The van der Waals surface area contributed by atoms with Gasteiger partial charge in [-0.25, -0.2) is 4.79 Å². The first-order valence-corrected chi connectivity index (χ1v) is 12.1. The molecule has 5 nitrogen and oxygen atoms in total. The molecule has 3 aliphatic rings. The zero-order chi connectivity index (χ0) is 25.4. The highest BCUT2D eigenvalue weighted by Crippen LogP contribution is 2.41. The maximum atomic E-state index is 13.6. The summed E-state index contributed by atoms with van der Waals surface area (Å²) in [5.74, 6) is 0. The number of nitrogens with zero attached hydrogens (tertiary/aromatic N) is 3. The van der Waals surface area contributed by atoms with Gasteiger partial charge in [0.1, 0.15) is 0 Å². The lowest BCUT2D eigenvalue weighted by molar-refractivity contribution is -0.200. The van der Waals surface area contributed by atoms with Crippen molar-refractivity contribution < 1.29 is 35.9 Å². The number of hydrogen-bond donors (Lipinski definition) is 0. The quantitative estimate of drug-likeness (QED) is 0.481. The number of amides is 1. The van der Waals surface area contributed by atoms with Gasteiger partial charge in [-0.15, -0.1) is 0 Å². The van der Waals surface area contributed by atoms with E-state index in [-0.39, 0.29) is 18.6 Å². The molecule has 0 bridgehead atoms. The standard InChI is InChI=1S/C24H31F6N3O2/c1-17(23(25,26)27)35-21(34)32-11-6-22(7-12-32)5-4-10-33(22)16-18-13-19(24(28,29)30)15-20(14-18)31-8-2-3-9-31/h13-15,17H,2-12,16H2,1H3. The van der Waals surface area contributed by atoms with Crippen molar-refractivity contribution in [1.29, 1.82) is 0 Å². The number of alkyl halides is 6. The van der Waals surface area contributed by atoms with Gasteiger partial charge in [0, 0.05) is 44.0 Å². The molecule has 35 heavy (non-hydrogen) atoms. The summed E-state index contributed by atoms with van der Waals surface area (Å²) in [5, 5.41) is 0. The Morgan fingerprint density at radius 1 is 0.943 bits per heavy atom. The van der Waals surface area contributed by atoms with Crippen LogP contribution in [0.3, 0.4) is 0 Å². The lowest BCUT2D eigenvalue weighted by Crippen LogP contribution is -2.53. The molecule has 3 aliphatic heterocycles. The molecule has 1 amide bonds. The number of carbonyl (C=O) groups is 1. The highest BCUT2D eigenvalue weighted by atomic mass is 19.4. The number of halogens is 6. The van der Waals surface area contributed by atoms with Crippen LogP contribution >= 0.6 is 0 Å². The fourth-order valence-electron chi connectivity index (χ4n) is 5.51. The average Bonchev–Trinajstić information content (AvgIpc) is 3.44. The number of rotatable bonds is 4. The van der Waals surface area contributed by atoms with E-state index in [2.05, 4.69) is 9.64 Å². The third-order valence-corrected chi connectivity index (χ3v) is 7.58. The van der Waals surface area contributed by atoms with Crippen LogP contribution in [-0.2, 0) is 17.5 Å². The van der Waals surface area contributed by atoms with Gasteiger partial charge in [0.25, 0.3) is 0 Å². The van der Waals surface area contributed by atoms with Gasteiger partial charge in [-0.05, 0) is 75.8 Å². The van der Waals surface area contributed by atoms with Crippen LogP contribution in [0.5, 0.6) is 0 Å². The van der Waals surface area contributed by atoms with Crippen molar-refractivity contribution in [2.45, 2.75) is 76.0 Å².